The molecule has 2 fully saturated rings. The van der Waals surface area contributed by atoms with E-state index in [9.17, 15) is 14.4 Å². The summed E-state index contributed by atoms with van der Waals surface area (Å²) < 4.78 is 0. The molecule has 1 N–H and O–H groups in total. The molecule has 0 radical (unpaired) electrons. The van der Waals surface area contributed by atoms with Gasteiger partial charge in [-0.15, -0.1) is 0 Å². The van der Waals surface area contributed by atoms with Gasteiger partial charge in [0.2, 0.25) is 11.8 Å². The molecule has 0 bridgehead atoms. The van der Waals surface area contributed by atoms with Gasteiger partial charge in [-0.25, -0.2) is 4.79 Å². The first-order valence-electron chi connectivity index (χ1n) is 3.67. The second-order valence-corrected chi connectivity index (χ2v) is 3.14. The third-order valence-electron chi connectivity index (χ3n) is 2.35. The van der Waals surface area contributed by atoms with Gasteiger partial charge in [-0.3, -0.25) is 14.5 Å². The minimum absolute atomic E-state index is 0.130. The molecule has 12 heavy (non-hydrogen) atoms. The van der Waals surface area contributed by atoms with E-state index >= 15 is 0 Å². The van der Waals surface area contributed by atoms with Gasteiger partial charge in [0.25, 0.3) is 0 Å². The second-order valence-electron chi connectivity index (χ2n) is 3.14. The van der Waals surface area contributed by atoms with E-state index in [1.807, 2.05) is 0 Å². The van der Waals surface area contributed by atoms with Crippen LogP contribution in [0.2, 0.25) is 0 Å². The lowest BCUT2D eigenvalue weighted by Gasteiger charge is -2.33. The number of hydrogen-bond donors (Lipinski definition) is 1. The van der Waals surface area contributed by atoms with Crippen LogP contribution in [0.1, 0.15) is 19.3 Å². The predicted octanol–water partition coefficient (Wildman–Crippen LogP) is -0.638. The van der Waals surface area contributed by atoms with Gasteiger partial charge in [0.1, 0.15) is 12.0 Å². The number of imide groups is 1. The molecule has 0 unspecified atom stereocenters. The van der Waals surface area contributed by atoms with Crippen molar-refractivity contribution in [1.82, 2.24) is 4.90 Å². The van der Waals surface area contributed by atoms with Crippen LogP contribution in [0.25, 0.3) is 0 Å². The van der Waals surface area contributed by atoms with E-state index in [2.05, 4.69) is 0 Å². The van der Waals surface area contributed by atoms with Gasteiger partial charge in [-0.1, -0.05) is 0 Å². The number of carbonyl (C=O) groups excluding carboxylic acids is 2. The van der Waals surface area contributed by atoms with Gasteiger partial charge >= 0.3 is 5.97 Å². The van der Waals surface area contributed by atoms with E-state index in [4.69, 9.17) is 5.11 Å². The van der Waals surface area contributed by atoms with E-state index in [0.29, 0.717) is 12.8 Å². The summed E-state index contributed by atoms with van der Waals surface area (Å²) in [6.07, 6.45) is 0.675. The van der Waals surface area contributed by atoms with Crippen molar-refractivity contribution in [3.8, 4) is 0 Å². The van der Waals surface area contributed by atoms with Crippen LogP contribution >= 0.6 is 0 Å². The average molecular weight is 169 g/mol. The molecule has 1 aliphatic heterocycles. The van der Waals surface area contributed by atoms with Crippen molar-refractivity contribution in [3.63, 3.8) is 0 Å². The summed E-state index contributed by atoms with van der Waals surface area (Å²) in [6.45, 7) is 0. The highest BCUT2D eigenvalue weighted by atomic mass is 16.4. The first-order chi connectivity index (χ1) is 5.58. The maximum Gasteiger partial charge on any atom is 0.330 e. The van der Waals surface area contributed by atoms with Crippen LogP contribution in [-0.2, 0) is 14.4 Å². The van der Waals surface area contributed by atoms with Crippen molar-refractivity contribution in [1.29, 1.82) is 0 Å². The Labute approximate surface area is 68.0 Å². The first-order valence-corrected chi connectivity index (χ1v) is 3.67. The number of likely N-dealkylation sites (tertiary alicyclic amines) is 1. The molecule has 1 heterocycles. The number of rotatable bonds is 2. The highest BCUT2D eigenvalue weighted by molar-refractivity contribution is 6.18. The molecule has 0 aromatic rings. The minimum atomic E-state index is -1.16. The van der Waals surface area contributed by atoms with E-state index in [0.717, 1.165) is 4.90 Å². The Morgan fingerprint density at radius 1 is 1.33 bits per heavy atom. The molecular formula is C7H7NO4. The van der Waals surface area contributed by atoms with Crippen LogP contribution in [0.15, 0.2) is 0 Å². The van der Waals surface area contributed by atoms with Crippen molar-refractivity contribution in [2.45, 2.75) is 24.8 Å². The maximum absolute atomic E-state index is 10.9. The summed E-state index contributed by atoms with van der Waals surface area (Å²) in [5.41, 5.74) is -1.16. The quantitative estimate of drug-likeness (QED) is 0.440. The summed E-state index contributed by atoms with van der Waals surface area (Å²) >= 11 is 0. The third-order valence-corrected chi connectivity index (χ3v) is 2.35. The van der Waals surface area contributed by atoms with Crippen molar-refractivity contribution in [3.05, 3.63) is 0 Å². The Hall–Kier alpha value is -1.39. The van der Waals surface area contributed by atoms with Crippen LogP contribution in [0.3, 0.4) is 0 Å². The molecule has 2 aliphatic rings. The van der Waals surface area contributed by atoms with Crippen molar-refractivity contribution in [2.75, 3.05) is 0 Å². The number of carboxylic acid groups (broad SMARTS) is 1. The molecule has 1 aliphatic carbocycles. The largest absolute Gasteiger partial charge is 0.479 e. The van der Waals surface area contributed by atoms with Crippen LogP contribution in [0.5, 0.6) is 0 Å². The Morgan fingerprint density at radius 2 is 1.83 bits per heavy atom. The zero-order valence-electron chi connectivity index (χ0n) is 6.24. The lowest BCUT2D eigenvalue weighted by atomic mass is 10.1. The molecule has 1 saturated carbocycles. The Balaban J connectivity index is 2.24. The molecular weight excluding hydrogens is 162 g/mol. The molecule has 2 rings (SSSR count). The SMILES string of the molecule is O=C1CC(=O)N1C1(C(=O)O)CC1. The molecule has 0 atom stereocenters. The zero-order chi connectivity index (χ0) is 8.93. The molecule has 5 nitrogen and oxygen atoms in total. The van der Waals surface area contributed by atoms with Crippen LogP contribution in [0, 0.1) is 0 Å². The smallest absolute Gasteiger partial charge is 0.330 e. The zero-order valence-corrected chi connectivity index (χ0v) is 6.24. The van der Waals surface area contributed by atoms with E-state index in [1.54, 1.807) is 0 Å². The number of carboxylic acids is 1. The van der Waals surface area contributed by atoms with Crippen molar-refractivity contribution >= 4 is 17.8 Å². The minimum Gasteiger partial charge on any atom is -0.479 e. The lowest BCUT2D eigenvalue weighted by molar-refractivity contribution is -0.169. The molecule has 64 valence electrons. The third kappa shape index (κ3) is 0.654. The Kier molecular flexibility index (Phi) is 1.12. The van der Waals surface area contributed by atoms with E-state index < -0.39 is 11.5 Å². The second kappa shape index (κ2) is 1.85. The Bertz CT molecular complexity index is 278. The molecule has 2 amide bonds. The number of hydrogen-bond acceptors (Lipinski definition) is 3. The normalized spacial score (nSPS) is 25.2. The summed E-state index contributed by atoms with van der Waals surface area (Å²) in [5, 5.41) is 8.73. The summed E-state index contributed by atoms with van der Waals surface area (Å²) in [7, 11) is 0. The van der Waals surface area contributed by atoms with Crippen molar-refractivity contribution in [2.24, 2.45) is 0 Å². The monoisotopic (exact) mass is 169 g/mol. The van der Waals surface area contributed by atoms with E-state index in [1.165, 1.54) is 0 Å². The van der Waals surface area contributed by atoms with Gasteiger partial charge in [-0.05, 0) is 12.8 Å². The molecule has 0 aromatic carbocycles. The van der Waals surface area contributed by atoms with E-state index in [-0.39, 0.29) is 18.2 Å². The number of amides is 2. The predicted molar refractivity (Wildman–Crippen MR) is 36.1 cm³/mol. The molecule has 5 heteroatoms. The van der Waals surface area contributed by atoms with Crippen molar-refractivity contribution < 1.29 is 19.5 Å². The number of β-lactam (4-membered cyclic amide) rings is 2. The molecule has 0 aromatic heterocycles. The van der Waals surface area contributed by atoms with Gasteiger partial charge < -0.3 is 5.11 Å². The topological polar surface area (TPSA) is 74.7 Å². The first kappa shape index (κ1) is 7.27. The fraction of sp³-hybridized carbons (Fsp3) is 0.571. The average Bonchev–Trinajstić information content (AvgIpc) is 2.68. The van der Waals surface area contributed by atoms with Crippen LogP contribution in [0.4, 0.5) is 0 Å². The number of nitrogens with zero attached hydrogens (tertiary/aromatic N) is 1. The molecule has 0 spiro atoms. The Morgan fingerprint density at radius 3 is 2.00 bits per heavy atom. The summed E-state index contributed by atoms with van der Waals surface area (Å²) in [5.74, 6) is -1.79. The maximum atomic E-state index is 10.9. The highest BCUT2D eigenvalue weighted by Crippen LogP contribution is 2.45. The lowest BCUT2D eigenvalue weighted by Crippen LogP contribution is -2.58. The fourth-order valence-corrected chi connectivity index (χ4v) is 1.46. The number of carbonyl (C=O) groups is 3. The van der Waals surface area contributed by atoms with Gasteiger partial charge in [0, 0.05) is 0 Å². The van der Waals surface area contributed by atoms with Crippen LogP contribution in [-0.4, -0.2) is 33.3 Å². The number of aliphatic carboxylic acids is 1. The standard InChI is InChI=1S/C7H7NO4/c9-4-3-5(10)8(4)7(1-2-7)6(11)12/h1-3H2,(H,11,12). The summed E-state index contributed by atoms with van der Waals surface area (Å²) in [4.78, 5) is 33.3. The molecule has 1 saturated heterocycles. The fourth-order valence-electron chi connectivity index (χ4n) is 1.46. The highest BCUT2D eigenvalue weighted by Gasteiger charge is 2.62. The summed E-state index contributed by atoms with van der Waals surface area (Å²) in [6, 6.07) is 0. The van der Waals surface area contributed by atoms with Crippen LogP contribution < -0.4 is 0 Å². The van der Waals surface area contributed by atoms with Gasteiger partial charge in [-0.2, -0.15) is 0 Å². The van der Waals surface area contributed by atoms with Gasteiger partial charge in [0.15, 0.2) is 0 Å². The van der Waals surface area contributed by atoms with Gasteiger partial charge in [0.05, 0.1) is 0 Å².